The van der Waals surface area contributed by atoms with Crippen LogP contribution in [0.25, 0.3) is 0 Å². The topological polar surface area (TPSA) is 100 Å². The zero-order valence-electron chi connectivity index (χ0n) is 14.7. The summed E-state index contributed by atoms with van der Waals surface area (Å²) in [5.74, 6) is -0.421. The number of benzene rings is 1. The minimum absolute atomic E-state index is 0.123. The van der Waals surface area contributed by atoms with Gasteiger partial charge in [-0.25, -0.2) is 9.78 Å². The molecule has 3 amide bonds. The van der Waals surface area contributed by atoms with Gasteiger partial charge in [0.05, 0.1) is 17.8 Å². The largest absolute Gasteiger partial charge is 0.370 e. The number of nitrogens with two attached hydrogens (primary N) is 1. The molecule has 0 saturated carbocycles. The van der Waals surface area contributed by atoms with E-state index in [2.05, 4.69) is 26.6 Å². The molecule has 1 aliphatic rings. The molecule has 0 atom stereocenters. The zero-order valence-corrected chi connectivity index (χ0v) is 15.6. The molecule has 0 radical (unpaired) electrons. The van der Waals surface area contributed by atoms with Crippen LogP contribution in [0, 0.1) is 6.92 Å². The maximum Gasteiger partial charge on any atom is 0.325 e. The van der Waals surface area contributed by atoms with Crippen molar-refractivity contribution in [3.8, 4) is 0 Å². The molecule has 1 aromatic carbocycles. The average Bonchev–Trinajstić information content (AvgIpc) is 3.03. The van der Waals surface area contributed by atoms with Crippen LogP contribution in [0.1, 0.15) is 29.7 Å². The molecule has 0 bridgehead atoms. The van der Waals surface area contributed by atoms with Crippen LogP contribution in [0.15, 0.2) is 24.4 Å². The molecular weight excluding hydrogens is 350 g/mol. The molecule has 1 aromatic heterocycles. The Morgan fingerprint density at radius 2 is 2.00 bits per heavy atom. The minimum Gasteiger partial charge on any atom is -0.370 e. The molecule has 26 heavy (non-hydrogen) atoms. The van der Waals surface area contributed by atoms with Crippen molar-refractivity contribution in [2.24, 2.45) is 5.73 Å². The number of hydrogen-bond donors (Lipinski definition) is 3. The first-order valence-corrected chi connectivity index (χ1v) is 9.49. The summed E-state index contributed by atoms with van der Waals surface area (Å²) in [6.07, 6.45) is 5.26. The third kappa shape index (κ3) is 4.72. The summed E-state index contributed by atoms with van der Waals surface area (Å²) in [6, 6.07) is 5.67. The summed E-state index contributed by atoms with van der Waals surface area (Å²) in [7, 11) is 0. The first-order valence-electron chi connectivity index (χ1n) is 8.68. The van der Waals surface area contributed by atoms with Crippen LogP contribution in [0.4, 0.5) is 21.3 Å². The average molecular weight is 373 g/mol. The summed E-state index contributed by atoms with van der Waals surface area (Å²) in [6.45, 7) is 4.05. The number of carbonyl (C=O) groups is 2. The Hall–Kier alpha value is -2.61. The van der Waals surface area contributed by atoms with E-state index in [1.165, 1.54) is 30.6 Å². The normalized spacial score (nSPS) is 14.1. The second-order valence-electron chi connectivity index (χ2n) is 6.42. The Morgan fingerprint density at radius 3 is 2.73 bits per heavy atom. The molecule has 1 aliphatic heterocycles. The fraction of sp³-hybridized carbons (Fsp3) is 0.389. The monoisotopic (exact) mass is 373 g/mol. The molecule has 0 aliphatic carbocycles. The number of primary amides is 1. The van der Waals surface area contributed by atoms with Crippen LogP contribution >= 0.6 is 11.3 Å². The number of thiazole rings is 1. The highest BCUT2D eigenvalue weighted by molar-refractivity contribution is 7.15. The predicted molar refractivity (Wildman–Crippen MR) is 105 cm³/mol. The first kappa shape index (κ1) is 18.2. The quantitative estimate of drug-likeness (QED) is 0.749. The van der Waals surface area contributed by atoms with Crippen molar-refractivity contribution in [2.45, 2.75) is 32.6 Å². The summed E-state index contributed by atoms with van der Waals surface area (Å²) < 4.78 is 0. The van der Waals surface area contributed by atoms with Gasteiger partial charge in [-0.05, 0) is 43.9 Å². The van der Waals surface area contributed by atoms with E-state index in [-0.39, 0.29) is 12.5 Å². The van der Waals surface area contributed by atoms with E-state index in [9.17, 15) is 9.59 Å². The highest BCUT2D eigenvalue weighted by Crippen LogP contribution is 2.30. The number of anilines is 3. The number of hydrogen-bond acceptors (Lipinski definition) is 5. The van der Waals surface area contributed by atoms with Crippen LogP contribution in [0.3, 0.4) is 0 Å². The van der Waals surface area contributed by atoms with Gasteiger partial charge in [0.1, 0.15) is 0 Å². The number of rotatable bonds is 5. The predicted octanol–water partition coefficient (Wildman–Crippen LogP) is 3.11. The molecule has 1 fully saturated rings. The van der Waals surface area contributed by atoms with Crippen molar-refractivity contribution in [3.63, 3.8) is 0 Å². The van der Waals surface area contributed by atoms with E-state index in [1.807, 2.05) is 19.1 Å². The van der Waals surface area contributed by atoms with Gasteiger partial charge in [-0.3, -0.25) is 10.1 Å². The fourth-order valence-corrected chi connectivity index (χ4v) is 3.83. The van der Waals surface area contributed by atoms with Crippen molar-refractivity contribution in [2.75, 3.05) is 28.6 Å². The Kier molecular flexibility index (Phi) is 5.72. The van der Waals surface area contributed by atoms with Crippen LogP contribution in [0.2, 0.25) is 0 Å². The summed E-state index contributed by atoms with van der Waals surface area (Å²) in [5.41, 5.74) is 8.16. The molecule has 2 aromatic rings. The minimum atomic E-state index is -0.421. The third-order valence-electron chi connectivity index (χ3n) is 4.22. The lowest BCUT2D eigenvalue weighted by atomic mass is 10.1. The number of aryl methyl sites for hydroxylation is 1. The van der Waals surface area contributed by atoms with Gasteiger partial charge < -0.3 is 16.0 Å². The maximum absolute atomic E-state index is 12.4. The van der Waals surface area contributed by atoms with Crippen molar-refractivity contribution >= 4 is 39.8 Å². The number of piperidine rings is 1. The SMILES string of the molecule is Cc1ccc(NC(=O)Nc2ncc(CC(N)=O)s2)c(N2CCCCC2)c1. The van der Waals surface area contributed by atoms with Crippen LogP contribution < -0.4 is 21.3 Å². The molecule has 4 N–H and O–H groups in total. The third-order valence-corrected chi connectivity index (χ3v) is 5.13. The van der Waals surface area contributed by atoms with Crippen LogP contribution in [-0.4, -0.2) is 30.0 Å². The van der Waals surface area contributed by atoms with Gasteiger partial charge in [0.15, 0.2) is 5.13 Å². The lowest BCUT2D eigenvalue weighted by molar-refractivity contribution is -0.117. The van der Waals surface area contributed by atoms with E-state index in [0.717, 1.165) is 34.9 Å². The second kappa shape index (κ2) is 8.18. The molecule has 0 spiro atoms. The van der Waals surface area contributed by atoms with Gasteiger partial charge in [0.2, 0.25) is 5.91 Å². The van der Waals surface area contributed by atoms with E-state index in [0.29, 0.717) is 5.13 Å². The molecule has 138 valence electrons. The van der Waals surface area contributed by atoms with Gasteiger partial charge in [0.25, 0.3) is 0 Å². The lowest BCUT2D eigenvalue weighted by Crippen LogP contribution is -2.31. The van der Waals surface area contributed by atoms with Gasteiger partial charge in [0, 0.05) is 24.2 Å². The zero-order chi connectivity index (χ0) is 18.5. The fourth-order valence-electron chi connectivity index (χ4n) is 3.01. The highest BCUT2D eigenvalue weighted by Gasteiger charge is 2.16. The van der Waals surface area contributed by atoms with Crippen LogP contribution in [0.5, 0.6) is 0 Å². The van der Waals surface area contributed by atoms with E-state index in [4.69, 9.17) is 5.73 Å². The highest BCUT2D eigenvalue weighted by atomic mass is 32.1. The standard InChI is InChI=1S/C18H23N5O2S/c1-12-5-6-14(15(9-12)23-7-3-2-4-8-23)21-17(25)22-18-20-11-13(26-18)10-16(19)24/h5-6,9,11H,2-4,7-8,10H2,1H3,(H2,19,24)(H2,20,21,22,25). The Bertz CT molecular complexity index is 799. The molecule has 3 rings (SSSR count). The van der Waals surface area contributed by atoms with Crippen molar-refractivity contribution in [1.29, 1.82) is 0 Å². The number of nitrogens with one attached hydrogen (secondary N) is 2. The van der Waals surface area contributed by atoms with Gasteiger partial charge in [-0.15, -0.1) is 11.3 Å². The van der Waals surface area contributed by atoms with Crippen LogP contribution in [-0.2, 0) is 11.2 Å². The Balaban J connectivity index is 1.68. The molecule has 7 nitrogen and oxygen atoms in total. The number of urea groups is 1. The van der Waals surface area contributed by atoms with E-state index in [1.54, 1.807) is 6.20 Å². The molecule has 8 heteroatoms. The van der Waals surface area contributed by atoms with Crippen molar-refractivity contribution in [1.82, 2.24) is 4.98 Å². The van der Waals surface area contributed by atoms with Crippen molar-refractivity contribution in [3.05, 3.63) is 34.8 Å². The number of carbonyl (C=O) groups excluding carboxylic acids is 2. The van der Waals surface area contributed by atoms with E-state index >= 15 is 0 Å². The number of amides is 3. The summed E-state index contributed by atoms with van der Waals surface area (Å²) in [5, 5.41) is 6.07. The van der Waals surface area contributed by atoms with Crippen molar-refractivity contribution < 1.29 is 9.59 Å². The molecule has 2 heterocycles. The van der Waals surface area contributed by atoms with Gasteiger partial charge >= 0.3 is 6.03 Å². The van der Waals surface area contributed by atoms with Gasteiger partial charge in [-0.2, -0.15) is 0 Å². The van der Waals surface area contributed by atoms with Gasteiger partial charge in [-0.1, -0.05) is 6.07 Å². The summed E-state index contributed by atoms with van der Waals surface area (Å²) >= 11 is 1.24. The Labute approximate surface area is 156 Å². The summed E-state index contributed by atoms with van der Waals surface area (Å²) in [4.78, 5) is 30.5. The smallest absolute Gasteiger partial charge is 0.325 e. The molecule has 0 unspecified atom stereocenters. The molecular formula is C18H23N5O2S. The lowest BCUT2D eigenvalue weighted by Gasteiger charge is -2.30. The Morgan fingerprint density at radius 1 is 1.23 bits per heavy atom. The number of nitrogens with zero attached hydrogens (tertiary/aromatic N) is 2. The second-order valence-corrected chi connectivity index (χ2v) is 7.54. The molecule has 1 saturated heterocycles. The van der Waals surface area contributed by atoms with E-state index < -0.39 is 5.91 Å². The number of aromatic nitrogens is 1. The first-order chi connectivity index (χ1) is 12.5. The maximum atomic E-state index is 12.4.